The fourth-order valence-electron chi connectivity index (χ4n) is 1.72. The average molecular weight is 330 g/mol. The zero-order chi connectivity index (χ0) is 17.5. The third-order valence-electron chi connectivity index (χ3n) is 3.08. The molecule has 0 N–H and O–H groups in total. The maximum absolute atomic E-state index is 11.6. The van der Waals surface area contributed by atoms with Gasteiger partial charge in [0.1, 0.15) is 13.2 Å². The van der Waals surface area contributed by atoms with E-state index in [0.29, 0.717) is 19.3 Å². The molecule has 0 fully saturated rings. The van der Waals surface area contributed by atoms with Gasteiger partial charge in [0.15, 0.2) is 6.10 Å². The number of ether oxygens (including phenoxy) is 3. The third kappa shape index (κ3) is 12.6. The van der Waals surface area contributed by atoms with Crippen LogP contribution in [0.25, 0.3) is 0 Å². The molecule has 0 radical (unpaired) electrons. The molecule has 0 spiro atoms. The number of unbranched alkanes of at least 4 members (excludes halogenated alkanes) is 2. The minimum absolute atomic E-state index is 0.0843. The van der Waals surface area contributed by atoms with Gasteiger partial charge in [0.05, 0.1) is 0 Å². The molecule has 0 rings (SSSR count). The minimum Gasteiger partial charge on any atom is -0.462 e. The number of hydrogen-bond acceptors (Lipinski definition) is 6. The van der Waals surface area contributed by atoms with E-state index in [4.69, 9.17) is 14.2 Å². The highest BCUT2D eigenvalue weighted by atomic mass is 16.6. The topological polar surface area (TPSA) is 78.9 Å². The van der Waals surface area contributed by atoms with Crippen LogP contribution in [-0.2, 0) is 28.6 Å². The van der Waals surface area contributed by atoms with Gasteiger partial charge >= 0.3 is 17.9 Å². The monoisotopic (exact) mass is 330 g/mol. The molecule has 0 atom stereocenters. The molecule has 6 nitrogen and oxygen atoms in total. The molecule has 0 saturated heterocycles. The molecule has 0 aliphatic carbocycles. The summed E-state index contributed by atoms with van der Waals surface area (Å²) in [5.41, 5.74) is 0. The van der Waals surface area contributed by atoms with Crippen molar-refractivity contribution in [1.29, 1.82) is 0 Å². The van der Waals surface area contributed by atoms with Crippen molar-refractivity contribution < 1.29 is 28.6 Å². The number of rotatable bonds is 13. The van der Waals surface area contributed by atoms with E-state index in [1.807, 2.05) is 20.8 Å². The lowest BCUT2D eigenvalue weighted by molar-refractivity contribution is -0.166. The number of carbonyl (C=O) groups is 3. The molecule has 0 saturated carbocycles. The molecular formula is C17H30O6. The Morgan fingerprint density at radius 1 is 0.696 bits per heavy atom. The first-order valence-corrected chi connectivity index (χ1v) is 8.54. The van der Waals surface area contributed by atoms with Crippen LogP contribution in [0.15, 0.2) is 0 Å². The number of carbonyl (C=O) groups excluding carboxylic acids is 3. The number of esters is 3. The maximum Gasteiger partial charge on any atom is 0.306 e. The van der Waals surface area contributed by atoms with Crippen LogP contribution in [0.3, 0.4) is 0 Å². The average Bonchev–Trinajstić information content (AvgIpc) is 2.53. The Balaban J connectivity index is 4.29. The molecule has 0 aliphatic rings. The molecule has 0 heterocycles. The van der Waals surface area contributed by atoms with Gasteiger partial charge in [-0.15, -0.1) is 0 Å². The Labute approximate surface area is 138 Å². The van der Waals surface area contributed by atoms with Crippen LogP contribution in [0.2, 0.25) is 0 Å². The Morgan fingerprint density at radius 3 is 1.57 bits per heavy atom. The summed E-state index contributed by atoms with van der Waals surface area (Å²) in [6, 6.07) is 0. The molecule has 0 bridgehead atoms. The molecule has 0 aromatic heterocycles. The first-order chi connectivity index (χ1) is 11.0. The predicted molar refractivity (Wildman–Crippen MR) is 85.8 cm³/mol. The summed E-state index contributed by atoms with van der Waals surface area (Å²) in [7, 11) is 0. The molecule has 0 aromatic carbocycles. The highest BCUT2D eigenvalue weighted by Gasteiger charge is 2.18. The van der Waals surface area contributed by atoms with E-state index in [1.54, 1.807) is 0 Å². The van der Waals surface area contributed by atoms with Crippen molar-refractivity contribution in [3.8, 4) is 0 Å². The van der Waals surface area contributed by atoms with Crippen LogP contribution in [0.5, 0.6) is 0 Å². The Hall–Kier alpha value is -1.59. The summed E-state index contributed by atoms with van der Waals surface area (Å²) in [5, 5.41) is 0. The van der Waals surface area contributed by atoms with Crippen molar-refractivity contribution in [3.63, 3.8) is 0 Å². The van der Waals surface area contributed by atoms with Crippen LogP contribution in [0.1, 0.15) is 72.1 Å². The summed E-state index contributed by atoms with van der Waals surface area (Å²) in [6.07, 6.45) is 4.19. The molecule has 0 aliphatic heterocycles. The van der Waals surface area contributed by atoms with Gasteiger partial charge in [-0.05, 0) is 19.3 Å². The van der Waals surface area contributed by atoms with Crippen LogP contribution in [0, 0.1) is 0 Å². The van der Waals surface area contributed by atoms with Gasteiger partial charge in [-0.2, -0.15) is 0 Å². The van der Waals surface area contributed by atoms with E-state index in [2.05, 4.69) is 0 Å². The van der Waals surface area contributed by atoms with E-state index in [1.165, 1.54) is 0 Å². The third-order valence-corrected chi connectivity index (χ3v) is 3.08. The van der Waals surface area contributed by atoms with Gasteiger partial charge in [0, 0.05) is 19.3 Å². The van der Waals surface area contributed by atoms with E-state index < -0.39 is 6.10 Å². The SMILES string of the molecule is CCCCC(=O)OCC(COC(=O)CCCC)OC(=O)CCC. The fraction of sp³-hybridized carbons (Fsp3) is 0.824. The van der Waals surface area contributed by atoms with Crippen molar-refractivity contribution in [2.75, 3.05) is 13.2 Å². The van der Waals surface area contributed by atoms with Crippen LogP contribution in [-0.4, -0.2) is 37.2 Å². The van der Waals surface area contributed by atoms with Gasteiger partial charge in [-0.25, -0.2) is 0 Å². The normalized spacial score (nSPS) is 10.4. The highest BCUT2D eigenvalue weighted by Crippen LogP contribution is 2.04. The summed E-state index contributed by atoms with van der Waals surface area (Å²) in [6.45, 7) is 5.67. The van der Waals surface area contributed by atoms with Crippen molar-refractivity contribution in [1.82, 2.24) is 0 Å². The molecule has 6 heteroatoms. The Kier molecular flexibility index (Phi) is 13.1. The molecule has 23 heavy (non-hydrogen) atoms. The summed E-state index contributed by atoms with van der Waals surface area (Å²) in [5.74, 6) is -1.05. The zero-order valence-electron chi connectivity index (χ0n) is 14.6. The first kappa shape index (κ1) is 21.4. The minimum atomic E-state index is -0.745. The van der Waals surface area contributed by atoms with Crippen molar-refractivity contribution in [2.45, 2.75) is 78.2 Å². The smallest absolute Gasteiger partial charge is 0.306 e. The Bertz CT molecular complexity index is 329. The van der Waals surface area contributed by atoms with Gasteiger partial charge in [0.2, 0.25) is 0 Å². The van der Waals surface area contributed by atoms with Crippen molar-refractivity contribution in [2.24, 2.45) is 0 Å². The second-order valence-electron chi connectivity index (χ2n) is 5.44. The van der Waals surface area contributed by atoms with Crippen LogP contribution >= 0.6 is 0 Å². The van der Waals surface area contributed by atoms with Gasteiger partial charge in [0.25, 0.3) is 0 Å². The zero-order valence-corrected chi connectivity index (χ0v) is 14.6. The quantitative estimate of drug-likeness (QED) is 0.381. The van der Waals surface area contributed by atoms with Crippen LogP contribution in [0.4, 0.5) is 0 Å². The van der Waals surface area contributed by atoms with E-state index in [9.17, 15) is 14.4 Å². The van der Waals surface area contributed by atoms with Crippen molar-refractivity contribution >= 4 is 17.9 Å². The van der Waals surface area contributed by atoms with Gasteiger partial charge in [-0.1, -0.05) is 33.6 Å². The lowest BCUT2D eigenvalue weighted by Crippen LogP contribution is -2.30. The standard InChI is InChI=1S/C17H30O6/c1-4-7-10-15(18)21-12-14(23-17(20)9-6-3)13-22-16(19)11-8-5-2/h14H,4-13H2,1-3H3. The fourth-order valence-corrected chi connectivity index (χ4v) is 1.72. The predicted octanol–water partition coefficient (Wildman–Crippen LogP) is 3.17. The van der Waals surface area contributed by atoms with E-state index in [-0.39, 0.29) is 37.5 Å². The van der Waals surface area contributed by atoms with E-state index >= 15 is 0 Å². The second-order valence-corrected chi connectivity index (χ2v) is 5.44. The van der Waals surface area contributed by atoms with Gasteiger partial charge in [-0.3, -0.25) is 14.4 Å². The largest absolute Gasteiger partial charge is 0.462 e. The molecule has 0 amide bonds. The Morgan fingerprint density at radius 2 is 1.17 bits per heavy atom. The maximum atomic E-state index is 11.6. The van der Waals surface area contributed by atoms with Gasteiger partial charge < -0.3 is 14.2 Å². The molecule has 134 valence electrons. The molecular weight excluding hydrogens is 300 g/mol. The highest BCUT2D eigenvalue weighted by molar-refractivity contribution is 5.71. The summed E-state index contributed by atoms with van der Waals surface area (Å²) >= 11 is 0. The summed E-state index contributed by atoms with van der Waals surface area (Å²) < 4.78 is 15.4. The lowest BCUT2D eigenvalue weighted by Gasteiger charge is -2.18. The first-order valence-electron chi connectivity index (χ1n) is 8.54. The van der Waals surface area contributed by atoms with E-state index in [0.717, 1.165) is 25.7 Å². The second kappa shape index (κ2) is 14.0. The number of hydrogen-bond donors (Lipinski definition) is 0. The summed E-state index contributed by atoms with van der Waals surface area (Å²) in [4.78, 5) is 34.6. The molecule has 0 unspecified atom stereocenters. The lowest BCUT2D eigenvalue weighted by atomic mass is 10.2. The van der Waals surface area contributed by atoms with Crippen molar-refractivity contribution in [3.05, 3.63) is 0 Å². The van der Waals surface area contributed by atoms with Crippen LogP contribution < -0.4 is 0 Å². The molecule has 0 aromatic rings.